The molecular weight excluding hydrogens is 1290 g/mol. The van der Waals surface area contributed by atoms with Crippen LogP contribution in [0, 0.1) is 0 Å². The second-order valence-electron chi connectivity index (χ2n) is 24.0. The molecule has 0 aromatic rings. The fraction of sp³-hybridized carbons (Fsp3) is 0.593. The van der Waals surface area contributed by atoms with Gasteiger partial charge in [0, 0.05) is 19.3 Å². The zero-order valence-electron chi connectivity index (χ0n) is 60.8. The lowest BCUT2D eigenvalue weighted by molar-refractivity contribution is -0.161. The van der Waals surface area contributed by atoms with Crippen LogP contribution < -0.4 is 0 Å². The Kier molecular flexibility index (Phi) is 68.5. The van der Waals surface area contributed by atoms with Crippen molar-refractivity contribution in [3.63, 3.8) is 0 Å². The summed E-state index contributed by atoms with van der Waals surface area (Å²) < 4.78 is 61.0. The normalized spacial score (nSPS) is 15.1. The first-order valence-corrected chi connectivity index (χ1v) is 40.1. The molecule has 0 amide bonds. The number of hydrogen-bond donors (Lipinski definition) is 4. The standard InChI is InChI=1S/C81H130O16P2/c1-4-7-10-13-16-19-22-25-28-31-34-35-36-37-38-39-42-44-46-49-52-55-58-61-64-67-79(84)91-70-76(82)71-93-98(87,88)94-72-77(83)73-95-99(89,90)96-75-78(97-81(86)69-66-63-60-57-54-51-48-45-41-33-30-27-24-21-18-15-12-9-6-3)74-92-80(85)68-65-62-59-56-53-50-47-43-40-32-29-26-23-20-17-14-11-8-5-2/h7-8,10-11,16-21,25-30,34-35,37-38,40-45,50,53,59,62,76-78,82-83H,4-6,9,12-15,22-24,31-33,36,39,46-49,51-52,54-58,60-61,63-75H2,1-3H3,(H,87,88)(H,89,90)/b10-7-,11-8-,19-16-,20-17-,21-18-,28-25-,29-26-,30-27-,35-34-,38-37-,43-40-,44-42-,45-41-,53-50-,62-59-. The number of rotatable bonds is 68. The fourth-order valence-electron chi connectivity index (χ4n) is 9.02. The van der Waals surface area contributed by atoms with Crippen molar-refractivity contribution >= 4 is 33.6 Å². The molecule has 0 aromatic carbocycles. The van der Waals surface area contributed by atoms with E-state index in [2.05, 4.69) is 185 Å². The van der Waals surface area contributed by atoms with Gasteiger partial charge < -0.3 is 34.2 Å². The van der Waals surface area contributed by atoms with Crippen LogP contribution in [0.3, 0.4) is 0 Å². The highest BCUT2D eigenvalue weighted by molar-refractivity contribution is 7.47. The molecule has 99 heavy (non-hydrogen) atoms. The molecule has 5 unspecified atom stereocenters. The van der Waals surface area contributed by atoms with Gasteiger partial charge in [0.1, 0.15) is 25.4 Å². The Morgan fingerprint density at radius 2 is 0.556 bits per heavy atom. The van der Waals surface area contributed by atoms with Crippen molar-refractivity contribution in [1.29, 1.82) is 0 Å². The molecule has 4 N–H and O–H groups in total. The SMILES string of the molecule is CC/C=C\C/C=C\C/C=C\C/C=C\C/C=C\C/C=C\CCCCCCCCC(=O)OCC(O)COP(=O)(O)OCC(O)COP(=O)(O)OCC(COC(=O)CC/C=C\C/C=C\C/C=C\C/C=C\C/C=C\C/C=C\CC)OC(=O)CCCCCCCC/C=C\C/C=C\C/C=C\CCCCC. The first-order chi connectivity index (χ1) is 48.2. The summed E-state index contributed by atoms with van der Waals surface area (Å²) >= 11 is 0. The smallest absolute Gasteiger partial charge is 0.463 e. The molecule has 0 bridgehead atoms. The molecule has 0 radical (unpaired) electrons. The molecule has 560 valence electrons. The van der Waals surface area contributed by atoms with Crippen molar-refractivity contribution in [1.82, 2.24) is 0 Å². The molecule has 0 heterocycles. The summed E-state index contributed by atoms with van der Waals surface area (Å²) in [5, 5.41) is 20.6. The van der Waals surface area contributed by atoms with E-state index in [0.717, 1.165) is 167 Å². The highest BCUT2D eigenvalue weighted by atomic mass is 31.2. The average molecular weight is 1420 g/mol. The van der Waals surface area contributed by atoms with Crippen LogP contribution in [0.5, 0.6) is 0 Å². The fourth-order valence-corrected chi connectivity index (χ4v) is 10.6. The van der Waals surface area contributed by atoms with Gasteiger partial charge in [0.25, 0.3) is 0 Å². The average Bonchev–Trinajstić information content (AvgIpc) is 2.90. The summed E-state index contributed by atoms with van der Waals surface area (Å²) in [4.78, 5) is 58.5. The number of aliphatic hydroxyl groups is 2. The molecule has 0 aliphatic carbocycles. The molecule has 0 rings (SSSR count). The minimum Gasteiger partial charge on any atom is -0.463 e. The lowest BCUT2D eigenvalue weighted by Crippen LogP contribution is -2.30. The predicted octanol–water partition coefficient (Wildman–Crippen LogP) is 21.4. The maximum atomic E-state index is 13.0. The third kappa shape index (κ3) is 73.7. The Morgan fingerprint density at radius 1 is 0.293 bits per heavy atom. The lowest BCUT2D eigenvalue weighted by atomic mass is 10.1. The van der Waals surface area contributed by atoms with Crippen LogP contribution in [-0.2, 0) is 55.8 Å². The van der Waals surface area contributed by atoms with Gasteiger partial charge in [-0.25, -0.2) is 9.13 Å². The Balaban J connectivity index is 4.76. The number of phosphoric ester groups is 2. The van der Waals surface area contributed by atoms with E-state index < -0.39 is 91.5 Å². The number of carbonyl (C=O) groups is 3. The quantitative estimate of drug-likeness (QED) is 0.0146. The van der Waals surface area contributed by atoms with E-state index in [4.69, 9.17) is 32.3 Å². The van der Waals surface area contributed by atoms with Gasteiger partial charge in [0.05, 0.1) is 26.4 Å². The van der Waals surface area contributed by atoms with Gasteiger partial charge in [-0.05, 0) is 148 Å². The minimum absolute atomic E-state index is 0.0349. The van der Waals surface area contributed by atoms with E-state index >= 15 is 0 Å². The molecule has 0 aromatic heterocycles. The highest BCUT2D eigenvalue weighted by Gasteiger charge is 2.29. The van der Waals surface area contributed by atoms with Crippen LogP contribution >= 0.6 is 15.6 Å². The van der Waals surface area contributed by atoms with Crippen LogP contribution in [0.4, 0.5) is 0 Å². The second-order valence-corrected chi connectivity index (χ2v) is 26.9. The van der Waals surface area contributed by atoms with Crippen LogP contribution in [-0.4, -0.2) is 95.9 Å². The van der Waals surface area contributed by atoms with Gasteiger partial charge in [0.15, 0.2) is 6.10 Å². The van der Waals surface area contributed by atoms with Crippen molar-refractivity contribution in [2.45, 2.75) is 270 Å². The number of esters is 3. The molecule has 0 saturated carbocycles. The molecule has 18 heteroatoms. The number of allylic oxidation sites excluding steroid dienone is 30. The summed E-state index contributed by atoms with van der Waals surface area (Å²) in [5.74, 6) is -1.72. The van der Waals surface area contributed by atoms with E-state index in [1.165, 1.54) is 19.3 Å². The molecule has 0 aliphatic rings. The minimum atomic E-state index is -4.96. The third-order valence-corrected chi connectivity index (χ3v) is 16.5. The molecule has 0 aliphatic heterocycles. The van der Waals surface area contributed by atoms with Crippen LogP contribution in [0.25, 0.3) is 0 Å². The first-order valence-electron chi connectivity index (χ1n) is 37.1. The molecule has 0 spiro atoms. The second kappa shape index (κ2) is 72.4. The van der Waals surface area contributed by atoms with E-state index in [0.29, 0.717) is 25.7 Å². The van der Waals surface area contributed by atoms with Gasteiger partial charge in [0.2, 0.25) is 0 Å². The summed E-state index contributed by atoms with van der Waals surface area (Å²) in [6, 6.07) is 0. The Morgan fingerprint density at radius 3 is 0.909 bits per heavy atom. The zero-order valence-corrected chi connectivity index (χ0v) is 62.6. The topological polar surface area (TPSA) is 231 Å². The summed E-state index contributed by atoms with van der Waals surface area (Å²) in [7, 11) is -9.83. The third-order valence-electron chi connectivity index (χ3n) is 14.6. The number of hydrogen-bond acceptors (Lipinski definition) is 14. The van der Waals surface area contributed by atoms with Crippen LogP contribution in [0.2, 0.25) is 0 Å². The van der Waals surface area contributed by atoms with Crippen molar-refractivity contribution in [3.8, 4) is 0 Å². The maximum absolute atomic E-state index is 13.0. The van der Waals surface area contributed by atoms with Gasteiger partial charge >= 0.3 is 33.6 Å². The monoisotopic (exact) mass is 1420 g/mol. The Labute approximate surface area is 598 Å². The molecule has 16 nitrogen and oxygen atoms in total. The van der Waals surface area contributed by atoms with E-state index in [1.807, 2.05) is 18.2 Å². The Hall–Kier alpha value is -5.35. The maximum Gasteiger partial charge on any atom is 0.472 e. The molecule has 0 fully saturated rings. The summed E-state index contributed by atoms with van der Waals surface area (Å²) in [5.41, 5.74) is 0. The number of ether oxygens (including phenoxy) is 3. The summed E-state index contributed by atoms with van der Waals surface area (Å²) in [6.45, 7) is 2.27. The number of carbonyl (C=O) groups excluding carboxylic acids is 3. The van der Waals surface area contributed by atoms with Gasteiger partial charge in [-0.2, -0.15) is 0 Å². The summed E-state index contributed by atoms with van der Waals surface area (Å²) in [6.07, 6.45) is 92.3. The first kappa shape index (κ1) is 93.6. The largest absolute Gasteiger partial charge is 0.472 e. The Bertz CT molecular complexity index is 2530. The van der Waals surface area contributed by atoms with Crippen LogP contribution in [0.1, 0.15) is 252 Å². The van der Waals surface area contributed by atoms with E-state index in [9.17, 15) is 43.5 Å². The van der Waals surface area contributed by atoms with E-state index in [1.54, 1.807) is 0 Å². The van der Waals surface area contributed by atoms with E-state index in [-0.39, 0.29) is 19.3 Å². The van der Waals surface area contributed by atoms with Crippen molar-refractivity contribution in [3.05, 3.63) is 182 Å². The van der Waals surface area contributed by atoms with Crippen molar-refractivity contribution < 1.29 is 75.8 Å². The lowest BCUT2D eigenvalue weighted by Gasteiger charge is -2.21. The van der Waals surface area contributed by atoms with Gasteiger partial charge in [-0.3, -0.25) is 32.5 Å². The highest BCUT2D eigenvalue weighted by Crippen LogP contribution is 2.45. The zero-order chi connectivity index (χ0) is 72.3. The van der Waals surface area contributed by atoms with Crippen LogP contribution in [0.15, 0.2) is 182 Å². The molecule has 0 saturated heterocycles. The number of aliphatic hydroxyl groups excluding tert-OH is 2. The molecular formula is C81H130O16P2. The van der Waals surface area contributed by atoms with Crippen molar-refractivity contribution in [2.24, 2.45) is 0 Å². The predicted molar refractivity (Wildman–Crippen MR) is 408 cm³/mol. The van der Waals surface area contributed by atoms with Gasteiger partial charge in [-0.15, -0.1) is 0 Å². The molecule has 5 atom stereocenters. The number of unbranched alkanes of at least 4 members (excludes halogenated alkanes) is 15. The number of phosphoric acid groups is 2. The van der Waals surface area contributed by atoms with Crippen molar-refractivity contribution in [2.75, 3.05) is 39.6 Å². The van der Waals surface area contributed by atoms with Gasteiger partial charge in [-0.1, -0.05) is 267 Å².